The van der Waals surface area contributed by atoms with E-state index in [0.29, 0.717) is 24.7 Å². The fraction of sp³-hybridized carbons (Fsp3) is 0.529. The van der Waals surface area contributed by atoms with Crippen molar-refractivity contribution >= 4 is 40.5 Å². The van der Waals surface area contributed by atoms with Crippen molar-refractivity contribution in [2.75, 3.05) is 19.0 Å². The highest BCUT2D eigenvalue weighted by molar-refractivity contribution is 8.68. The lowest BCUT2D eigenvalue weighted by atomic mass is 9.91. The van der Waals surface area contributed by atoms with Crippen LogP contribution >= 0.6 is 17.1 Å². The number of hydrogen-bond donors (Lipinski definition) is 1. The Morgan fingerprint density at radius 3 is 2.35 bits per heavy atom. The summed E-state index contributed by atoms with van der Waals surface area (Å²) in [5, 5.41) is 4.23. The highest BCUT2D eigenvalue weighted by Crippen LogP contribution is 2.61. The van der Waals surface area contributed by atoms with Gasteiger partial charge < -0.3 is 9.05 Å². The zero-order valence-corrected chi connectivity index (χ0v) is 18.3. The molecule has 0 aliphatic heterocycles. The lowest BCUT2D eigenvalue weighted by molar-refractivity contribution is 0.0950. The van der Waals surface area contributed by atoms with Crippen molar-refractivity contribution in [3.63, 3.8) is 0 Å². The van der Waals surface area contributed by atoms with Crippen LogP contribution in [0.4, 0.5) is 4.39 Å². The van der Waals surface area contributed by atoms with E-state index in [1.807, 2.05) is 34.6 Å². The third-order valence-electron chi connectivity index (χ3n) is 3.21. The van der Waals surface area contributed by atoms with Gasteiger partial charge in [0, 0.05) is 11.2 Å². The fourth-order valence-corrected chi connectivity index (χ4v) is 6.47. The first-order valence-corrected chi connectivity index (χ1v) is 12.5. The highest BCUT2D eigenvalue weighted by Gasteiger charge is 2.25. The average Bonchev–Trinajstić information content (AvgIpc) is 2.54. The Labute approximate surface area is 164 Å². The van der Waals surface area contributed by atoms with E-state index in [4.69, 9.17) is 20.9 Å². The first-order valence-electron chi connectivity index (χ1n) is 8.28. The standard InChI is InChI=1S/C17H26FN2O3PS2/c1-6-22-24(25,23-7-2)26-12-15(17(3,4)5)19-20-16(21)13-10-8-9-11-14(13)18/h8-11H,6-7,12H2,1-5H3,(H,20,21)/b19-15-. The SMILES string of the molecule is CCOP(=S)(OCC)SC/C(=N/NC(=O)c1ccccc1F)C(C)(C)C. The van der Waals surface area contributed by atoms with Crippen molar-refractivity contribution in [2.45, 2.75) is 34.6 Å². The predicted octanol–water partition coefficient (Wildman–Crippen LogP) is 4.99. The molecule has 0 fully saturated rings. The predicted molar refractivity (Wildman–Crippen MR) is 111 cm³/mol. The molecule has 1 aromatic carbocycles. The number of hydrogen-bond acceptors (Lipinski definition) is 6. The number of nitrogens with zero attached hydrogens (tertiary/aromatic N) is 1. The Hall–Kier alpha value is -0.790. The molecule has 0 spiro atoms. The molecule has 9 heteroatoms. The van der Waals surface area contributed by atoms with Gasteiger partial charge in [0.05, 0.1) is 24.5 Å². The first kappa shape index (κ1) is 23.2. The van der Waals surface area contributed by atoms with Gasteiger partial charge in [-0.1, -0.05) is 44.3 Å². The molecule has 5 nitrogen and oxygen atoms in total. The third-order valence-corrected chi connectivity index (χ3v) is 8.63. The normalized spacial score (nSPS) is 12.9. The summed E-state index contributed by atoms with van der Waals surface area (Å²) in [6.07, 6.45) is 0. The molecule has 0 heterocycles. The molecule has 1 amide bonds. The van der Waals surface area contributed by atoms with E-state index in [-0.39, 0.29) is 11.0 Å². The van der Waals surface area contributed by atoms with E-state index in [1.165, 1.54) is 29.6 Å². The van der Waals surface area contributed by atoms with E-state index in [9.17, 15) is 9.18 Å². The van der Waals surface area contributed by atoms with Crippen LogP contribution in [0.5, 0.6) is 0 Å². The monoisotopic (exact) mass is 420 g/mol. The Kier molecular flexibility index (Phi) is 9.41. The maximum atomic E-state index is 13.7. The van der Waals surface area contributed by atoms with Crippen molar-refractivity contribution in [1.29, 1.82) is 0 Å². The zero-order chi connectivity index (χ0) is 19.8. The highest BCUT2D eigenvalue weighted by atomic mass is 32.9. The van der Waals surface area contributed by atoms with Crippen LogP contribution in [0.25, 0.3) is 0 Å². The van der Waals surface area contributed by atoms with E-state index in [0.717, 1.165) is 0 Å². The molecule has 0 aliphatic rings. The zero-order valence-electron chi connectivity index (χ0n) is 15.7. The van der Waals surface area contributed by atoms with Crippen LogP contribution in [0, 0.1) is 11.2 Å². The van der Waals surface area contributed by atoms with Gasteiger partial charge in [-0.15, -0.1) is 0 Å². The molecule has 0 aliphatic carbocycles. The Morgan fingerprint density at radius 1 is 1.27 bits per heavy atom. The Bertz CT molecular complexity index is 683. The van der Waals surface area contributed by atoms with Gasteiger partial charge >= 0.3 is 0 Å². The van der Waals surface area contributed by atoms with Crippen molar-refractivity contribution < 1.29 is 18.2 Å². The lowest BCUT2D eigenvalue weighted by Crippen LogP contribution is -2.28. The van der Waals surface area contributed by atoms with Crippen LogP contribution in [0.1, 0.15) is 45.0 Å². The second-order valence-electron chi connectivity index (χ2n) is 6.29. The summed E-state index contributed by atoms with van der Waals surface area (Å²) >= 11 is 6.89. The molecule has 1 rings (SSSR count). The molecule has 1 aromatic rings. The number of halogens is 1. The number of amides is 1. The Balaban J connectivity index is 2.90. The molecular formula is C17H26FN2O3PS2. The van der Waals surface area contributed by atoms with Gasteiger partial charge in [-0.2, -0.15) is 5.10 Å². The van der Waals surface area contributed by atoms with Crippen molar-refractivity contribution in [1.82, 2.24) is 5.43 Å². The molecule has 1 N–H and O–H groups in total. The van der Waals surface area contributed by atoms with E-state index < -0.39 is 17.4 Å². The lowest BCUT2D eigenvalue weighted by Gasteiger charge is -2.25. The van der Waals surface area contributed by atoms with Crippen LogP contribution < -0.4 is 5.43 Å². The first-order chi connectivity index (χ1) is 12.1. The molecule has 146 valence electrons. The van der Waals surface area contributed by atoms with Gasteiger partial charge in [-0.25, -0.2) is 9.82 Å². The summed E-state index contributed by atoms with van der Waals surface area (Å²) in [5.41, 5.74) is 0.327. The summed E-state index contributed by atoms with van der Waals surface area (Å²) in [5.74, 6) is -0.739. The van der Waals surface area contributed by atoms with E-state index in [1.54, 1.807) is 6.07 Å². The molecule has 0 saturated heterocycles. The van der Waals surface area contributed by atoms with Crippen molar-refractivity contribution in [3.8, 4) is 0 Å². The van der Waals surface area contributed by atoms with Gasteiger partial charge in [-0.05, 0) is 37.8 Å². The van der Waals surface area contributed by atoms with Crippen molar-refractivity contribution in [3.05, 3.63) is 35.6 Å². The van der Waals surface area contributed by atoms with Gasteiger partial charge in [0.15, 0.2) is 0 Å². The minimum atomic E-state index is -2.46. The van der Waals surface area contributed by atoms with Crippen LogP contribution in [-0.2, 0) is 20.9 Å². The number of nitrogens with one attached hydrogen (secondary N) is 1. The quantitative estimate of drug-likeness (QED) is 0.347. The second kappa shape index (κ2) is 10.5. The smallest absolute Gasteiger partial charge is 0.274 e. The van der Waals surface area contributed by atoms with E-state index in [2.05, 4.69) is 10.5 Å². The molecule has 0 saturated carbocycles. The fourth-order valence-electron chi connectivity index (χ4n) is 1.81. The third kappa shape index (κ3) is 7.45. The molecule has 0 aromatic heterocycles. The largest absolute Gasteiger partial charge is 0.322 e. The van der Waals surface area contributed by atoms with Gasteiger partial charge in [-0.3, -0.25) is 4.79 Å². The summed E-state index contributed by atoms with van der Waals surface area (Å²) in [7, 11) is 0. The van der Waals surface area contributed by atoms with Gasteiger partial charge in [0.1, 0.15) is 5.82 Å². The van der Waals surface area contributed by atoms with Crippen LogP contribution in [0.3, 0.4) is 0 Å². The van der Waals surface area contributed by atoms with E-state index >= 15 is 0 Å². The van der Waals surface area contributed by atoms with Crippen LogP contribution in [-0.4, -0.2) is 30.6 Å². The summed E-state index contributed by atoms with van der Waals surface area (Å²) < 4.78 is 25.0. The molecular weight excluding hydrogens is 394 g/mol. The maximum absolute atomic E-state index is 13.7. The molecule has 0 bridgehead atoms. The van der Waals surface area contributed by atoms with Gasteiger partial charge in [0.2, 0.25) is 5.69 Å². The van der Waals surface area contributed by atoms with Crippen molar-refractivity contribution in [2.24, 2.45) is 10.5 Å². The number of carbonyl (C=O) groups is 1. The maximum Gasteiger partial charge on any atom is 0.274 e. The average molecular weight is 421 g/mol. The number of hydrazone groups is 1. The Morgan fingerprint density at radius 2 is 1.85 bits per heavy atom. The second-order valence-corrected chi connectivity index (χ2v) is 12.6. The molecule has 0 atom stereocenters. The molecule has 0 unspecified atom stereocenters. The topological polar surface area (TPSA) is 59.9 Å². The van der Waals surface area contributed by atoms with Crippen LogP contribution in [0.15, 0.2) is 29.4 Å². The minimum Gasteiger partial charge on any atom is -0.322 e. The molecule has 26 heavy (non-hydrogen) atoms. The summed E-state index contributed by atoms with van der Waals surface area (Å²) in [6, 6.07) is 5.78. The summed E-state index contributed by atoms with van der Waals surface area (Å²) in [4.78, 5) is 12.2. The number of carbonyl (C=O) groups excluding carboxylic acids is 1. The summed E-state index contributed by atoms with van der Waals surface area (Å²) in [6.45, 7) is 10.6. The number of benzene rings is 1. The van der Waals surface area contributed by atoms with Gasteiger partial charge in [0.25, 0.3) is 5.91 Å². The van der Waals surface area contributed by atoms with Crippen LogP contribution in [0.2, 0.25) is 0 Å². The number of rotatable bonds is 9. The molecule has 0 radical (unpaired) electrons. The minimum absolute atomic E-state index is 0.0501.